The molecule has 0 saturated heterocycles. The predicted octanol–water partition coefficient (Wildman–Crippen LogP) is 1.93. The van der Waals surface area contributed by atoms with Gasteiger partial charge in [0.1, 0.15) is 6.61 Å². The SMILES string of the molecule is NCc1ccc(OCC(F)F)c(F)c1. The Morgan fingerprint density at radius 3 is 2.57 bits per heavy atom. The van der Waals surface area contributed by atoms with Crippen LogP contribution in [0.25, 0.3) is 0 Å². The van der Waals surface area contributed by atoms with Crippen LogP contribution in [-0.4, -0.2) is 13.0 Å². The molecule has 0 amide bonds. The maximum Gasteiger partial charge on any atom is 0.272 e. The van der Waals surface area contributed by atoms with E-state index in [1.54, 1.807) is 0 Å². The lowest BCUT2D eigenvalue weighted by atomic mass is 10.2. The average molecular weight is 205 g/mol. The number of hydrogen-bond acceptors (Lipinski definition) is 2. The highest BCUT2D eigenvalue weighted by molar-refractivity contribution is 5.29. The van der Waals surface area contributed by atoms with Crippen molar-refractivity contribution in [2.75, 3.05) is 6.61 Å². The van der Waals surface area contributed by atoms with Gasteiger partial charge in [0.15, 0.2) is 11.6 Å². The van der Waals surface area contributed by atoms with Crippen molar-refractivity contribution in [3.63, 3.8) is 0 Å². The van der Waals surface area contributed by atoms with Gasteiger partial charge < -0.3 is 10.5 Å². The molecule has 0 atom stereocenters. The van der Waals surface area contributed by atoms with Gasteiger partial charge in [-0.3, -0.25) is 0 Å². The third-order valence-corrected chi connectivity index (χ3v) is 1.60. The van der Waals surface area contributed by atoms with E-state index >= 15 is 0 Å². The first-order valence-electron chi connectivity index (χ1n) is 4.03. The normalized spacial score (nSPS) is 10.6. The van der Waals surface area contributed by atoms with Gasteiger partial charge in [-0.05, 0) is 17.7 Å². The maximum atomic E-state index is 13.1. The minimum Gasteiger partial charge on any atom is -0.485 e. The van der Waals surface area contributed by atoms with Crippen molar-refractivity contribution in [2.45, 2.75) is 13.0 Å². The molecule has 2 N–H and O–H groups in total. The molecule has 1 rings (SSSR count). The van der Waals surface area contributed by atoms with Crippen LogP contribution >= 0.6 is 0 Å². The molecule has 0 aliphatic rings. The quantitative estimate of drug-likeness (QED) is 0.815. The second kappa shape index (κ2) is 4.85. The van der Waals surface area contributed by atoms with E-state index in [9.17, 15) is 13.2 Å². The Labute approximate surface area is 79.5 Å². The van der Waals surface area contributed by atoms with Gasteiger partial charge in [0.2, 0.25) is 0 Å². The molecule has 0 aromatic heterocycles. The van der Waals surface area contributed by atoms with Gasteiger partial charge >= 0.3 is 0 Å². The number of alkyl halides is 2. The Hall–Kier alpha value is -1.23. The molecular weight excluding hydrogens is 195 g/mol. The summed E-state index contributed by atoms with van der Waals surface area (Å²) in [6.45, 7) is -0.606. The van der Waals surface area contributed by atoms with Gasteiger partial charge in [-0.15, -0.1) is 0 Å². The van der Waals surface area contributed by atoms with Crippen molar-refractivity contribution in [3.8, 4) is 5.75 Å². The molecule has 0 unspecified atom stereocenters. The fourth-order valence-electron chi connectivity index (χ4n) is 0.941. The summed E-state index contributed by atoms with van der Waals surface area (Å²) in [4.78, 5) is 0. The number of ether oxygens (including phenoxy) is 1. The molecular formula is C9H10F3NO. The molecule has 0 aliphatic carbocycles. The molecule has 0 spiro atoms. The zero-order valence-corrected chi connectivity index (χ0v) is 7.34. The van der Waals surface area contributed by atoms with Crippen molar-refractivity contribution in [3.05, 3.63) is 29.6 Å². The molecule has 14 heavy (non-hydrogen) atoms. The van der Waals surface area contributed by atoms with E-state index in [4.69, 9.17) is 5.73 Å². The van der Waals surface area contributed by atoms with Crippen LogP contribution in [0.5, 0.6) is 5.75 Å². The van der Waals surface area contributed by atoms with Crippen molar-refractivity contribution in [2.24, 2.45) is 5.73 Å². The second-order valence-corrected chi connectivity index (χ2v) is 2.67. The van der Waals surface area contributed by atoms with Crippen LogP contribution in [0, 0.1) is 5.82 Å². The summed E-state index contributed by atoms with van der Waals surface area (Å²) in [5.74, 6) is -0.851. The van der Waals surface area contributed by atoms with Crippen LogP contribution in [0.3, 0.4) is 0 Å². The molecule has 78 valence electrons. The molecule has 0 saturated carbocycles. The lowest BCUT2D eigenvalue weighted by molar-refractivity contribution is 0.0799. The Kier molecular flexibility index (Phi) is 3.76. The maximum absolute atomic E-state index is 13.1. The highest BCUT2D eigenvalue weighted by Gasteiger charge is 2.07. The first-order chi connectivity index (χ1) is 6.63. The Bertz CT molecular complexity index is 304. The average Bonchev–Trinajstić information content (AvgIpc) is 2.15. The molecule has 0 fully saturated rings. The summed E-state index contributed by atoms with van der Waals surface area (Å²) in [5.41, 5.74) is 5.85. The standard InChI is InChI=1S/C9H10F3NO/c10-7-3-6(4-13)1-2-8(7)14-5-9(11)12/h1-3,9H,4-5,13H2. The van der Waals surface area contributed by atoms with Gasteiger partial charge in [-0.2, -0.15) is 0 Å². The summed E-state index contributed by atoms with van der Waals surface area (Å²) >= 11 is 0. The highest BCUT2D eigenvalue weighted by atomic mass is 19.3. The van der Waals surface area contributed by atoms with E-state index in [1.807, 2.05) is 0 Å². The molecule has 5 heteroatoms. The van der Waals surface area contributed by atoms with Crippen LogP contribution in [0.2, 0.25) is 0 Å². The first-order valence-corrected chi connectivity index (χ1v) is 4.03. The van der Waals surface area contributed by atoms with E-state index in [0.717, 1.165) is 0 Å². The van der Waals surface area contributed by atoms with Crippen LogP contribution in [0.4, 0.5) is 13.2 Å². The zero-order valence-electron chi connectivity index (χ0n) is 7.34. The van der Waals surface area contributed by atoms with Gasteiger partial charge in [0, 0.05) is 6.54 Å². The molecule has 0 bridgehead atoms. The molecule has 2 nitrogen and oxygen atoms in total. The van der Waals surface area contributed by atoms with E-state index < -0.39 is 18.8 Å². The Morgan fingerprint density at radius 1 is 1.36 bits per heavy atom. The second-order valence-electron chi connectivity index (χ2n) is 2.67. The zero-order chi connectivity index (χ0) is 10.6. The summed E-state index contributed by atoms with van der Waals surface area (Å²) in [7, 11) is 0. The van der Waals surface area contributed by atoms with Gasteiger partial charge in [0.05, 0.1) is 0 Å². The van der Waals surface area contributed by atoms with Crippen molar-refractivity contribution in [1.82, 2.24) is 0 Å². The molecule has 1 aromatic rings. The minimum absolute atomic E-state index is 0.178. The van der Waals surface area contributed by atoms with E-state index in [1.165, 1.54) is 18.2 Å². The van der Waals surface area contributed by atoms with Gasteiger partial charge in [0.25, 0.3) is 6.43 Å². The van der Waals surface area contributed by atoms with E-state index in [0.29, 0.717) is 5.56 Å². The summed E-state index contributed by atoms with van der Waals surface area (Å²) in [5, 5.41) is 0. The van der Waals surface area contributed by atoms with Gasteiger partial charge in [-0.25, -0.2) is 13.2 Å². The van der Waals surface area contributed by atoms with Crippen LogP contribution in [-0.2, 0) is 6.54 Å². The Balaban J connectivity index is 2.69. The summed E-state index contributed by atoms with van der Waals surface area (Å²) < 4.78 is 41.1. The van der Waals surface area contributed by atoms with Gasteiger partial charge in [-0.1, -0.05) is 6.07 Å². The third kappa shape index (κ3) is 2.92. The fraction of sp³-hybridized carbons (Fsp3) is 0.333. The monoisotopic (exact) mass is 205 g/mol. The number of benzene rings is 1. The van der Waals surface area contributed by atoms with E-state index in [2.05, 4.69) is 4.74 Å². The van der Waals surface area contributed by atoms with Crippen LogP contribution < -0.4 is 10.5 Å². The molecule has 1 aromatic carbocycles. The van der Waals surface area contributed by atoms with Crippen LogP contribution in [0.15, 0.2) is 18.2 Å². The first kappa shape index (κ1) is 10.8. The number of nitrogens with two attached hydrogens (primary N) is 1. The topological polar surface area (TPSA) is 35.2 Å². The largest absolute Gasteiger partial charge is 0.485 e. The molecule has 0 radical (unpaired) electrons. The number of hydrogen-bond donors (Lipinski definition) is 1. The van der Waals surface area contributed by atoms with Crippen molar-refractivity contribution >= 4 is 0 Å². The smallest absolute Gasteiger partial charge is 0.272 e. The lowest BCUT2D eigenvalue weighted by Gasteiger charge is -2.07. The number of halogens is 3. The predicted molar refractivity (Wildman–Crippen MR) is 45.8 cm³/mol. The summed E-state index contributed by atoms with van der Waals surface area (Å²) in [6, 6.07) is 3.99. The minimum atomic E-state index is -2.61. The third-order valence-electron chi connectivity index (χ3n) is 1.60. The fourth-order valence-corrected chi connectivity index (χ4v) is 0.941. The van der Waals surface area contributed by atoms with E-state index in [-0.39, 0.29) is 12.3 Å². The number of rotatable bonds is 4. The summed E-state index contributed by atoms with van der Waals surface area (Å²) in [6.07, 6.45) is -2.61. The van der Waals surface area contributed by atoms with Crippen molar-refractivity contribution in [1.29, 1.82) is 0 Å². The molecule has 0 heterocycles. The van der Waals surface area contributed by atoms with Crippen molar-refractivity contribution < 1.29 is 17.9 Å². The highest BCUT2D eigenvalue weighted by Crippen LogP contribution is 2.18. The van der Waals surface area contributed by atoms with Crippen LogP contribution in [0.1, 0.15) is 5.56 Å². The molecule has 0 aliphatic heterocycles. The lowest BCUT2D eigenvalue weighted by Crippen LogP contribution is -2.08. The Morgan fingerprint density at radius 2 is 2.07 bits per heavy atom.